The fourth-order valence-electron chi connectivity index (χ4n) is 2.28. The van der Waals surface area contributed by atoms with Gasteiger partial charge in [0.2, 0.25) is 0 Å². The molecule has 0 unspecified atom stereocenters. The average Bonchev–Trinajstić information content (AvgIpc) is 3.30. The van der Waals surface area contributed by atoms with E-state index in [1.54, 1.807) is 0 Å². The zero-order chi connectivity index (χ0) is 15.1. The molecule has 0 N–H and O–H groups in total. The summed E-state index contributed by atoms with van der Waals surface area (Å²) < 4.78 is 11.7. The molecule has 1 aliphatic carbocycles. The number of nitrogens with zero attached hydrogens (tertiary/aromatic N) is 1. The van der Waals surface area contributed by atoms with Gasteiger partial charge in [0.05, 0.1) is 24.7 Å². The lowest BCUT2D eigenvalue weighted by molar-refractivity contribution is 0.261. The van der Waals surface area contributed by atoms with Crippen molar-refractivity contribution in [3.63, 3.8) is 0 Å². The first-order valence-corrected chi connectivity index (χ1v) is 8.07. The maximum atomic E-state index is 9.34. The van der Waals surface area contributed by atoms with Gasteiger partial charge < -0.3 is 9.47 Å². The van der Waals surface area contributed by atoms with Crippen molar-refractivity contribution in [3.05, 3.63) is 23.8 Å². The molecule has 0 atom stereocenters. The van der Waals surface area contributed by atoms with Crippen molar-refractivity contribution in [2.24, 2.45) is 0 Å². The highest BCUT2D eigenvalue weighted by Crippen LogP contribution is 2.49. The van der Waals surface area contributed by atoms with Gasteiger partial charge in [0.25, 0.3) is 0 Å². The van der Waals surface area contributed by atoms with Gasteiger partial charge in [-0.05, 0) is 43.4 Å². The van der Waals surface area contributed by atoms with Crippen LogP contribution in [0.5, 0.6) is 11.5 Å². The quantitative estimate of drug-likeness (QED) is 0.623. The van der Waals surface area contributed by atoms with Gasteiger partial charge in [0.15, 0.2) is 11.5 Å². The lowest BCUT2D eigenvalue weighted by Crippen LogP contribution is -2.06. The molecule has 0 saturated heterocycles. The van der Waals surface area contributed by atoms with Gasteiger partial charge in [0, 0.05) is 0 Å². The van der Waals surface area contributed by atoms with E-state index < -0.39 is 0 Å². The van der Waals surface area contributed by atoms with Crippen LogP contribution < -0.4 is 9.47 Å². The Morgan fingerprint density at radius 2 is 1.67 bits per heavy atom. The predicted molar refractivity (Wildman–Crippen MR) is 83.8 cm³/mol. The number of unbranched alkanes of at least 4 members (excludes halogenated alkanes) is 2. The van der Waals surface area contributed by atoms with Gasteiger partial charge in [-0.3, -0.25) is 0 Å². The molecule has 1 aliphatic rings. The second kappa shape index (κ2) is 7.36. The van der Waals surface area contributed by atoms with Crippen molar-refractivity contribution in [3.8, 4) is 17.6 Å². The Kier molecular flexibility index (Phi) is 5.50. The summed E-state index contributed by atoms with van der Waals surface area (Å²) in [6.07, 6.45) is 6.19. The molecule has 0 bridgehead atoms. The van der Waals surface area contributed by atoms with Crippen LogP contribution in [-0.2, 0) is 5.41 Å². The van der Waals surface area contributed by atoms with Crippen LogP contribution in [0.3, 0.4) is 0 Å². The molecule has 2 rings (SSSR count). The summed E-state index contributed by atoms with van der Waals surface area (Å²) in [5, 5.41) is 9.34. The Morgan fingerprint density at radius 1 is 1.05 bits per heavy atom. The predicted octanol–water partition coefficient (Wildman–Crippen LogP) is 4.60. The topological polar surface area (TPSA) is 42.2 Å². The number of rotatable bonds is 9. The molecule has 3 nitrogen and oxygen atoms in total. The van der Waals surface area contributed by atoms with Gasteiger partial charge in [0.1, 0.15) is 0 Å². The molecule has 1 aromatic rings. The highest BCUT2D eigenvalue weighted by atomic mass is 16.5. The summed E-state index contributed by atoms with van der Waals surface area (Å²) in [4.78, 5) is 0. The lowest BCUT2D eigenvalue weighted by Gasteiger charge is -2.15. The van der Waals surface area contributed by atoms with E-state index in [-0.39, 0.29) is 5.41 Å². The summed E-state index contributed by atoms with van der Waals surface area (Å²) in [6.45, 7) is 5.70. The van der Waals surface area contributed by atoms with Crippen LogP contribution in [0.4, 0.5) is 0 Å². The zero-order valence-corrected chi connectivity index (χ0v) is 13.2. The highest BCUT2D eigenvalue weighted by Gasteiger charge is 2.45. The van der Waals surface area contributed by atoms with Crippen molar-refractivity contribution >= 4 is 0 Å². The minimum absolute atomic E-state index is 0.273. The smallest absolute Gasteiger partial charge is 0.161 e. The molecule has 0 radical (unpaired) electrons. The minimum Gasteiger partial charge on any atom is -0.490 e. The SMILES string of the molecule is CCCCOc1ccc(C2(C#N)CC2)cc1OCCCC. The van der Waals surface area contributed by atoms with E-state index in [0.717, 1.165) is 55.6 Å². The van der Waals surface area contributed by atoms with Gasteiger partial charge in [-0.25, -0.2) is 0 Å². The van der Waals surface area contributed by atoms with Crippen LogP contribution in [-0.4, -0.2) is 13.2 Å². The van der Waals surface area contributed by atoms with Gasteiger partial charge in [-0.1, -0.05) is 32.8 Å². The molecule has 0 amide bonds. The van der Waals surface area contributed by atoms with Crippen LogP contribution in [0.1, 0.15) is 57.9 Å². The van der Waals surface area contributed by atoms with Crippen molar-refractivity contribution in [1.82, 2.24) is 0 Å². The Balaban J connectivity index is 2.13. The van der Waals surface area contributed by atoms with E-state index >= 15 is 0 Å². The minimum atomic E-state index is -0.273. The Bertz CT molecular complexity index is 500. The van der Waals surface area contributed by atoms with Crippen molar-refractivity contribution in [1.29, 1.82) is 5.26 Å². The molecule has 3 heteroatoms. The van der Waals surface area contributed by atoms with Crippen LogP contribution in [0.25, 0.3) is 0 Å². The van der Waals surface area contributed by atoms with Crippen LogP contribution >= 0.6 is 0 Å². The summed E-state index contributed by atoms with van der Waals surface area (Å²) in [7, 11) is 0. The largest absolute Gasteiger partial charge is 0.490 e. The average molecular weight is 287 g/mol. The van der Waals surface area contributed by atoms with Gasteiger partial charge in [-0.2, -0.15) is 5.26 Å². The normalized spacial score (nSPS) is 15.3. The summed E-state index contributed by atoms with van der Waals surface area (Å²) >= 11 is 0. The highest BCUT2D eigenvalue weighted by molar-refractivity contribution is 5.49. The molecule has 114 valence electrons. The Morgan fingerprint density at radius 3 is 2.19 bits per heavy atom. The number of hydrogen-bond acceptors (Lipinski definition) is 3. The number of hydrogen-bond donors (Lipinski definition) is 0. The molecular weight excluding hydrogens is 262 g/mol. The van der Waals surface area contributed by atoms with Gasteiger partial charge in [-0.15, -0.1) is 0 Å². The Hall–Kier alpha value is -1.69. The summed E-state index contributed by atoms with van der Waals surface area (Å²) in [6, 6.07) is 8.43. The fraction of sp³-hybridized carbons (Fsp3) is 0.611. The van der Waals surface area contributed by atoms with Crippen LogP contribution in [0.2, 0.25) is 0 Å². The fourth-order valence-corrected chi connectivity index (χ4v) is 2.28. The molecule has 0 aromatic heterocycles. The molecule has 1 fully saturated rings. The number of nitriles is 1. The molecule has 21 heavy (non-hydrogen) atoms. The molecule has 0 aliphatic heterocycles. The van der Waals surface area contributed by atoms with Crippen molar-refractivity contribution < 1.29 is 9.47 Å². The first kappa shape index (κ1) is 15.7. The molecule has 1 aromatic carbocycles. The van der Waals surface area contributed by atoms with E-state index in [1.165, 1.54) is 0 Å². The third-order valence-corrected chi connectivity index (χ3v) is 3.97. The third kappa shape index (κ3) is 3.91. The maximum absolute atomic E-state index is 9.34. The molecule has 1 saturated carbocycles. The molecule has 0 heterocycles. The van der Waals surface area contributed by atoms with Crippen LogP contribution in [0, 0.1) is 11.3 Å². The monoisotopic (exact) mass is 287 g/mol. The second-order valence-electron chi connectivity index (χ2n) is 5.76. The lowest BCUT2D eigenvalue weighted by atomic mass is 9.97. The van der Waals surface area contributed by atoms with E-state index in [9.17, 15) is 5.26 Å². The van der Waals surface area contributed by atoms with E-state index in [1.807, 2.05) is 18.2 Å². The zero-order valence-electron chi connectivity index (χ0n) is 13.2. The number of ether oxygens (including phenoxy) is 2. The van der Waals surface area contributed by atoms with Crippen molar-refractivity contribution in [2.75, 3.05) is 13.2 Å². The second-order valence-corrected chi connectivity index (χ2v) is 5.76. The van der Waals surface area contributed by atoms with E-state index in [2.05, 4.69) is 19.9 Å². The van der Waals surface area contributed by atoms with Crippen molar-refractivity contribution in [2.45, 2.75) is 57.8 Å². The molecular formula is C18H25NO2. The standard InChI is InChI=1S/C18H25NO2/c1-3-5-11-20-16-8-7-15(18(14-19)9-10-18)13-17(16)21-12-6-4-2/h7-8,13H,3-6,9-12H2,1-2H3. The summed E-state index contributed by atoms with van der Waals surface area (Å²) in [5.74, 6) is 1.59. The van der Waals surface area contributed by atoms with Crippen LogP contribution in [0.15, 0.2) is 18.2 Å². The van der Waals surface area contributed by atoms with Gasteiger partial charge >= 0.3 is 0 Å². The maximum Gasteiger partial charge on any atom is 0.161 e. The third-order valence-electron chi connectivity index (χ3n) is 3.97. The first-order chi connectivity index (χ1) is 10.3. The Labute approximate surface area is 127 Å². The van der Waals surface area contributed by atoms with E-state index in [4.69, 9.17) is 9.47 Å². The first-order valence-electron chi connectivity index (χ1n) is 8.07. The van der Waals surface area contributed by atoms with E-state index in [0.29, 0.717) is 13.2 Å². The molecule has 0 spiro atoms. The summed E-state index contributed by atoms with van der Waals surface area (Å²) in [5.41, 5.74) is 0.796. The number of benzene rings is 1.